The first-order valence-electron chi connectivity index (χ1n) is 7.52. The molecule has 1 aliphatic rings. The molecule has 1 fully saturated rings. The van der Waals surface area contributed by atoms with Crippen LogP contribution in [-0.4, -0.2) is 22.6 Å². The van der Waals surface area contributed by atoms with Crippen LogP contribution in [0.1, 0.15) is 26.7 Å². The summed E-state index contributed by atoms with van der Waals surface area (Å²) in [6.07, 6.45) is 2.48. The minimum atomic E-state index is 0.480. The third-order valence-electron chi connectivity index (χ3n) is 4.38. The summed E-state index contributed by atoms with van der Waals surface area (Å²) in [4.78, 5) is 11.5. The topological polar surface area (TPSA) is 29.0 Å². The van der Waals surface area contributed by atoms with E-state index >= 15 is 0 Å². The highest BCUT2D eigenvalue weighted by Gasteiger charge is 2.26. The van der Waals surface area contributed by atoms with Crippen molar-refractivity contribution in [2.24, 2.45) is 5.92 Å². The summed E-state index contributed by atoms with van der Waals surface area (Å²) in [5.74, 6) is 2.31. The van der Waals surface area contributed by atoms with Gasteiger partial charge >= 0.3 is 0 Å². The van der Waals surface area contributed by atoms with Crippen molar-refractivity contribution in [3.8, 4) is 11.4 Å². The second-order valence-corrected chi connectivity index (χ2v) is 6.18. The number of hydrogen-bond acceptors (Lipinski definition) is 3. The first kappa shape index (κ1) is 14.3. The lowest BCUT2D eigenvalue weighted by atomic mass is 9.92. The second-order valence-electron chi connectivity index (χ2n) is 5.79. The molecule has 0 spiro atoms. The minimum absolute atomic E-state index is 0.480. The average Bonchev–Trinajstić information content (AvgIpc) is 2.50. The number of piperidine rings is 1. The van der Waals surface area contributed by atoms with Gasteiger partial charge in [-0.05, 0) is 25.7 Å². The molecule has 0 saturated carbocycles. The maximum absolute atomic E-state index is 6.23. The summed E-state index contributed by atoms with van der Waals surface area (Å²) in [5, 5.41) is 0.504. The minimum Gasteiger partial charge on any atom is -0.353 e. The zero-order chi connectivity index (χ0) is 14.8. The fourth-order valence-corrected chi connectivity index (χ4v) is 3.11. The van der Waals surface area contributed by atoms with Crippen molar-refractivity contribution < 1.29 is 0 Å². The first-order valence-corrected chi connectivity index (χ1v) is 7.89. The lowest BCUT2D eigenvalue weighted by molar-refractivity contribution is 0.361. The van der Waals surface area contributed by atoms with Crippen LogP contribution >= 0.6 is 11.6 Å². The maximum Gasteiger partial charge on any atom is 0.163 e. The molecule has 2 heterocycles. The summed E-state index contributed by atoms with van der Waals surface area (Å²) in [6.45, 7) is 5.60. The Bertz CT molecular complexity index is 615. The quantitative estimate of drug-likeness (QED) is 0.769. The largest absolute Gasteiger partial charge is 0.353 e. The standard InChI is InChI=1S/C17H20ClN3/c1-12-7-6-10-21(13(12)2)16-11-15(18)19-17(20-16)14-8-4-3-5-9-14/h3-5,8-9,11-13H,6-7,10H2,1-2H3. The van der Waals surface area contributed by atoms with Crippen molar-refractivity contribution in [1.82, 2.24) is 9.97 Å². The Morgan fingerprint density at radius 3 is 2.67 bits per heavy atom. The Morgan fingerprint density at radius 1 is 1.14 bits per heavy atom. The summed E-state index contributed by atoms with van der Waals surface area (Å²) in [6, 6.07) is 12.4. The zero-order valence-corrected chi connectivity index (χ0v) is 13.2. The number of hydrogen-bond donors (Lipinski definition) is 0. The Hall–Kier alpha value is -1.61. The average molecular weight is 302 g/mol. The number of aromatic nitrogens is 2. The van der Waals surface area contributed by atoms with Gasteiger partial charge in [-0.1, -0.05) is 48.9 Å². The Balaban J connectivity index is 1.98. The molecule has 0 radical (unpaired) electrons. The molecule has 0 amide bonds. The monoisotopic (exact) mass is 301 g/mol. The predicted octanol–water partition coefficient (Wildman–Crippen LogP) is 4.42. The van der Waals surface area contributed by atoms with E-state index in [4.69, 9.17) is 16.6 Å². The van der Waals surface area contributed by atoms with Crippen molar-refractivity contribution in [2.75, 3.05) is 11.4 Å². The first-order chi connectivity index (χ1) is 10.1. The van der Waals surface area contributed by atoms with Gasteiger partial charge in [0.1, 0.15) is 11.0 Å². The molecule has 2 atom stereocenters. The molecular weight excluding hydrogens is 282 g/mol. The highest BCUT2D eigenvalue weighted by atomic mass is 35.5. The highest BCUT2D eigenvalue weighted by molar-refractivity contribution is 6.29. The molecule has 2 unspecified atom stereocenters. The van der Waals surface area contributed by atoms with E-state index < -0.39 is 0 Å². The molecule has 21 heavy (non-hydrogen) atoms. The molecule has 4 heteroatoms. The van der Waals surface area contributed by atoms with Crippen LogP contribution < -0.4 is 4.90 Å². The molecular formula is C17H20ClN3. The van der Waals surface area contributed by atoms with Gasteiger partial charge in [0.15, 0.2) is 5.82 Å². The molecule has 2 aromatic rings. The molecule has 0 bridgehead atoms. The van der Waals surface area contributed by atoms with Crippen LogP contribution in [0.15, 0.2) is 36.4 Å². The number of benzene rings is 1. The number of rotatable bonds is 2. The number of halogens is 1. The van der Waals surface area contributed by atoms with E-state index in [9.17, 15) is 0 Å². The predicted molar refractivity (Wildman–Crippen MR) is 87.7 cm³/mol. The summed E-state index contributed by atoms with van der Waals surface area (Å²) in [7, 11) is 0. The van der Waals surface area contributed by atoms with Gasteiger partial charge in [0.25, 0.3) is 0 Å². The molecule has 110 valence electrons. The highest BCUT2D eigenvalue weighted by Crippen LogP contribution is 2.29. The molecule has 3 rings (SSSR count). The van der Waals surface area contributed by atoms with E-state index in [0.29, 0.717) is 22.9 Å². The molecule has 3 nitrogen and oxygen atoms in total. The zero-order valence-electron chi connectivity index (χ0n) is 12.5. The normalized spacial score (nSPS) is 22.3. The van der Waals surface area contributed by atoms with E-state index in [-0.39, 0.29) is 0 Å². The summed E-state index contributed by atoms with van der Waals surface area (Å²) in [5.41, 5.74) is 0.999. The van der Waals surface area contributed by atoms with Crippen molar-refractivity contribution in [1.29, 1.82) is 0 Å². The molecule has 1 saturated heterocycles. The molecule has 0 aliphatic carbocycles. The van der Waals surface area contributed by atoms with Crippen LogP contribution in [0.25, 0.3) is 11.4 Å². The molecule has 1 aromatic carbocycles. The SMILES string of the molecule is CC1CCCN(c2cc(Cl)nc(-c3ccccc3)n2)C1C. The lowest BCUT2D eigenvalue weighted by Crippen LogP contribution is -2.43. The van der Waals surface area contributed by atoms with Crippen molar-refractivity contribution in [3.05, 3.63) is 41.6 Å². The molecule has 1 aromatic heterocycles. The van der Waals surface area contributed by atoms with Gasteiger partial charge in [-0.25, -0.2) is 9.97 Å². The van der Waals surface area contributed by atoms with E-state index in [1.54, 1.807) is 0 Å². The van der Waals surface area contributed by atoms with Crippen LogP contribution in [0.3, 0.4) is 0 Å². The maximum atomic E-state index is 6.23. The molecule has 1 aliphatic heterocycles. The van der Waals surface area contributed by atoms with Crippen LogP contribution in [0, 0.1) is 5.92 Å². The van der Waals surface area contributed by atoms with Crippen molar-refractivity contribution >= 4 is 17.4 Å². The van der Waals surface area contributed by atoms with E-state index in [1.807, 2.05) is 36.4 Å². The van der Waals surface area contributed by atoms with Gasteiger partial charge in [0, 0.05) is 24.2 Å². The third kappa shape index (κ3) is 3.03. The van der Waals surface area contributed by atoms with Crippen LogP contribution in [0.5, 0.6) is 0 Å². The smallest absolute Gasteiger partial charge is 0.163 e. The van der Waals surface area contributed by atoms with E-state index in [2.05, 4.69) is 23.7 Å². The van der Waals surface area contributed by atoms with Gasteiger partial charge < -0.3 is 4.90 Å². The molecule has 0 N–H and O–H groups in total. The number of anilines is 1. The van der Waals surface area contributed by atoms with Crippen molar-refractivity contribution in [3.63, 3.8) is 0 Å². The van der Waals surface area contributed by atoms with Crippen LogP contribution in [0.2, 0.25) is 5.15 Å². The van der Waals surface area contributed by atoms with E-state index in [1.165, 1.54) is 12.8 Å². The van der Waals surface area contributed by atoms with Gasteiger partial charge in [0.05, 0.1) is 0 Å². The van der Waals surface area contributed by atoms with Gasteiger partial charge in [-0.15, -0.1) is 0 Å². The summed E-state index contributed by atoms with van der Waals surface area (Å²) < 4.78 is 0. The van der Waals surface area contributed by atoms with Crippen LogP contribution in [-0.2, 0) is 0 Å². The fourth-order valence-electron chi connectivity index (χ4n) is 2.93. The summed E-state index contributed by atoms with van der Waals surface area (Å²) >= 11 is 6.23. The van der Waals surface area contributed by atoms with Gasteiger partial charge in [-0.2, -0.15) is 0 Å². The lowest BCUT2D eigenvalue weighted by Gasteiger charge is -2.38. The Labute approximate surface area is 131 Å². The van der Waals surface area contributed by atoms with Crippen molar-refractivity contribution in [2.45, 2.75) is 32.7 Å². The second kappa shape index (κ2) is 6.02. The Morgan fingerprint density at radius 2 is 1.90 bits per heavy atom. The van der Waals surface area contributed by atoms with Crippen LogP contribution in [0.4, 0.5) is 5.82 Å². The third-order valence-corrected chi connectivity index (χ3v) is 4.57. The Kier molecular flexibility index (Phi) is 4.11. The van der Waals surface area contributed by atoms with Gasteiger partial charge in [-0.3, -0.25) is 0 Å². The van der Waals surface area contributed by atoms with Gasteiger partial charge in [0.2, 0.25) is 0 Å². The fraction of sp³-hybridized carbons (Fsp3) is 0.412. The van der Waals surface area contributed by atoms with E-state index in [0.717, 1.165) is 17.9 Å². The number of nitrogens with zero attached hydrogens (tertiary/aromatic N) is 3.